The Labute approximate surface area is 145 Å². The van der Waals surface area contributed by atoms with Gasteiger partial charge in [0.05, 0.1) is 11.6 Å². The summed E-state index contributed by atoms with van der Waals surface area (Å²) >= 11 is 0. The smallest absolute Gasteiger partial charge is 0.237 e. The van der Waals surface area contributed by atoms with Crippen molar-refractivity contribution >= 4 is 5.91 Å². The molecule has 1 saturated heterocycles. The van der Waals surface area contributed by atoms with E-state index in [1.807, 2.05) is 6.92 Å². The van der Waals surface area contributed by atoms with E-state index >= 15 is 0 Å². The first kappa shape index (κ1) is 17.4. The average molecular weight is 330 g/mol. The van der Waals surface area contributed by atoms with Crippen LogP contribution in [0.2, 0.25) is 0 Å². The molecule has 2 fully saturated rings. The van der Waals surface area contributed by atoms with Crippen molar-refractivity contribution in [3.63, 3.8) is 0 Å². The molecule has 24 heavy (non-hydrogen) atoms. The fourth-order valence-electron chi connectivity index (χ4n) is 3.82. The number of hydrogen-bond acceptors (Lipinski definition) is 3. The predicted molar refractivity (Wildman–Crippen MR) is 95.7 cm³/mol. The first-order chi connectivity index (χ1) is 11.6. The minimum absolute atomic E-state index is 0.0526. The minimum atomic E-state index is -0.641. The van der Waals surface area contributed by atoms with Crippen molar-refractivity contribution in [2.24, 2.45) is 5.92 Å². The Hall–Kier alpha value is -1.39. The normalized spacial score (nSPS) is 22.6. The standard InChI is InChI=1S/C20H30N2O2/c1-16(19(23)21-15-20(24)10-5-11-20)22-12-8-18(9-13-22)14-17-6-3-2-4-7-17/h2-4,6-7,16,18,24H,5,8-15H2,1H3,(H,21,23). The van der Waals surface area contributed by atoms with Crippen molar-refractivity contribution in [3.05, 3.63) is 35.9 Å². The number of hydrogen-bond donors (Lipinski definition) is 2. The second kappa shape index (κ2) is 7.66. The quantitative estimate of drug-likeness (QED) is 0.842. The number of nitrogens with one attached hydrogen (secondary N) is 1. The van der Waals surface area contributed by atoms with Gasteiger partial charge in [-0.05, 0) is 70.0 Å². The van der Waals surface area contributed by atoms with Crippen LogP contribution in [0.3, 0.4) is 0 Å². The molecule has 4 heteroatoms. The summed E-state index contributed by atoms with van der Waals surface area (Å²) in [6.07, 6.45) is 6.13. The Balaban J connectivity index is 1.41. The summed E-state index contributed by atoms with van der Waals surface area (Å²) < 4.78 is 0. The van der Waals surface area contributed by atoms with Gasteiger partial charge in [-0.2, -0.15) is 0 Å². The summed E-state index contributed by atoms with van der Waals surface area (Å²) in [5, 5.41) is 13.0. The highest BCUT2D eigenvalue weighted by atomic mass is 16.3. The highest BCUT2D eigenvalue weighted by molar-refractivity contribution is 5.81. The van der Waals surface area contributed by atoms with Gasteiger partial charge in [-0.15, -0.1) is 0 Å². The second-order valence-electron chi connectivity index (χ2n) is 7.64. The molecule has 3 rings (SSSR count). The average Bonchev–Trinajstić information content (AvgIpc) is 2.59. The molecule has 1 unspecified atom stereocenters. The molecule has 1 saturated carbocycles. The summed E-state index contributed by atoms with van der Waals surface area (Å²) in [5.74, 6) is 0.770. The molecule has 2 N–H and O–H groups in total. The zero-order chi connectivity index (χ0) is 17.0. The molecule has 0 aromatic heterocycles. The van der Waals surface area contributed by atoms with Crippen LogP contribution >= 0.6 is 0 Å². The number of rotatable bonds is 6. The van der Waals surface area contributed by atoms with Crippen LogP contribution in [0.5, 0.6) is 0 Å². The number of benzene rings is 1. The molecule has 1 aromatic rings. The molecule has 0 radical (unpaired) electrons. The number of carbonyl (C=O) groups is 1. The molecule has 1 aliphatic heterocycles. The van der Waals surface area contributed by atoms with Crippen LogP contribution < -0.4 is 5.32 Å². The lowest BCUT2D eigenvalue weighted by Crippen LogP contribution is -2.53. The molecule has 1 amide bonds. The molecule has 0 spiro atoms. The lowest BCUT2D eigenvalue weighted by Gasteiger charge is -2.38. The van der Waals surface area contributed by atoms with Crippen LogP contribution in [0.15, 0.2) is 30.3 Å². The largest absolute Gasteiger partial charge is 0.388 e. The van der Waals surface area contributed by atoms with E-state index in [1.165, 1.54) is 5.56 Å². The van der Waals surface area contributed by atoms with Gasteiger partial charge >= 0.3 is 0 Å². The second-order valence-corrected chi connectivity index (χ2v) is 7.64. The Bertz CT molecular complexity index is 534. The molecule has 1 aliphatic carbocycles. The van der Waals surface area contributed by atoms with Crippen LogP contribution in [-0.4, -0.2) is 47.2 Å². The van der Waals surface area contributed by atoms with E-state index in [2.05, 4.69) is 40.5 Å². The van der Waals surface area contributed by atoms with Crippen molar-refractivity contribution in [3.8, 4) is 0 Å². The van der Waals surface area contributed by atoms with E-state index in [0.717, 1.165) is 57.5 Å². The van der Waals surface area contributed by atoms with Crippen molar-refractivity contribution in [2.45, 2.75) is 57.1 Å². The number of piperidine rings is 1. The summed E-state index contributed by atoms with van der Waals surface area (Å²) in [6.45, 7) is 4.35. The van der Waals surface area contributed by atoms with Crippen molar-refractivity contribution in [2.75, 3.05) is 19.6 Å². The SMILES string of the molecule is CC(C(=O)NCC1(O)CCC1)N1CCC(Cc2ccccc2)CC1. The maximum atomic E-state index is 12.3. The van der Waals surface area contributed by atoms with Gasteiger partial charge in [0, 0.05) is 6.54 Å². The summed E-state index contributed by atoms with van der Waals surface area (Å²) in [7, 11) is 0. The minimum Gasteiger partial charge on any atom is -0.388 e. The molecule has 132 valence electrons. The molecular weight excluding hydrogens is 300 g/mol. The van der Waals surface area contributed by atoms with E-state index in [1.54, 1.807) is 0 Å². The van der Waals surface area contributed by atoms with Crippen LogP contribution in [0.25, 0.3) is 0 Å². The highest BCUT2D eigenvalue weighted by Gasteiger charge is 2.35. The van der Waals surface area contributed by atoms with Gasteiger partial charge in [-0.3, -0.25) is 9.69 Å². The third-order valence-electron chi connectivity index (χ3n) is 5.82. The van der Waals surface area contributed by atoms with Crippen molar-refractivity contribution in [1.29, 1.82) is 0 Å². The summed E-state index contributed by atoms with van der Waals surface area (Å²) in [6, 6.07) is 10.6. The number of carbonyl (C=O) groups excluding carboxylic acids is 1. The lowest BCUT2D eigenvalue weighted by molar-refractivity contribution is -0.128. The zero-order valence-corrected chi connectivity index (χ0v) is 14.7. The van der Waals surface area contributed by atoms with Crippen LogP contribution in [0.4, 0.5) is 0 Å². The van der Waals surface area contributed by atoms with Gasteiger partial charge in [0.15, 0.2) is 0 Å². The third kappa shape index (κ3) is 4.37. The predicted octanol–water partition coefficient (Wildman–Crippen LogP) is 2.36. The molecule has 1 aromatic carbocycles. The number of aliphatic hydroxyl groups is 1. The zero-order valence-electron chi connectivity index (χ0n) is 14.7. The van der Waals surface area contributed by atoms with Gasteiger partial charge in [-0.25, -0.2) is 0 Å². The Morgan fingerprint density at radius 3 is 2.54 bits per heavy atom. The maximum Gasteiger partial charge on any atom is 0.237 e. The Morgan fingerprint density at radius 2 is 1.96 bits per heavy atom. The lowest BCUT2D eigenvalue weighted by atomic mass is 9.80. The van der Waals surface area contributed by atoms with E-state index in [9.17, 15) is 9.90 Å². The van der Waals surface area contributed by atoms with Crippen molar-refractivity contribution in [1.82, 2.24) is 10.2 Å². The first-order valence-electron chi connectivity index (χ1n) is 9.34. The molecule has 1 heterocycles. The van der Waals surface area contributed by atoms with Crippen LogP contribution in [0, 0.1) is 5.92 Å². The molecule has 2 aliphatic rings. The Kier molecular flexibility index (Phi) is 5.57. The Morgan fingerprint density at radius 1 is 1.29 bits per heavy atom. The van der Waals surface area contributed by atoms with Gasteiger partial charge in [0.2, 0.25) is 5.91 Å². The van der Waals surface area contributed by atoms with Gasteiger partial charge in [0.1, 0.15) is 0 Å². The number of nitrogens with zero attached hydrogens (tertiary/aromatic N) is 1. The van der Waals surface area contributed by atoms with Crippen LogP contribution in [-0.2, 0) is 11.2 Å². The summed E-state index contributed by atoms with van der Waals surface area (Å²) in [4.78, 5) is 14.6. The van der Waals surface area contributed by atoms with E-state index in [-0.39, 0.29) is 11.9 Å². The molecular formula is C20H30N2O2. The van der Waals surface area contributed by atoms with Gasteiger partial charge in [0.25, 0.3) is 0 Å². The molecule has 0 bridgehead atoms. The number of likely N-dealkylation sites (tertiary alicyclic amines) is 1. The maximum absolute atomic E-state index is 12.3. The fraction of sp³-hybridized carbons (Fsp3) is 0.650. The topological polar surface area (TPSA) is 52.6 Å². The van der Waals surface area contributed by atoms with Crippen LogP contribution in [0.1, 0.15) is 44.6 Å². The highest BCUT2D eigenvalue weighted by Crippen LogP contribution is 2.30. The first-order valence-corrected chi connectivity index (χ1v) is 9.34. The third-order valence-corrected chi connectivity index (χ3v) is 5.82. The van der Waals surface area contributed by atoms with Crippen molar-refractivity contribution < 1.29 is 9.90 Å². The van der Waals surface area contributed by atoms with Gasteiger partial charge < -0.3 is 10.4 Å². The van der Waals surface area contributed by atoms with E-state index < -0.39 is 5.60 Å². The van der Waals surface area contributed by atoms with Gasteiger partial charge in [-0.1, -0.05) is 30.3 Å². The fourth-order valence-corrected chi connectivity index (χ4v) is 3.82. The monoisotopic (exact) mass is 330 g/mol. The molecule has 1 atom stereocenters. The van der Waals surface area contributed by atoms with E-state index in [0.29, 0.717) is 6.54 Å². The molecule has 4 nitrogen and oxygen atoms in total. The van der Waals surface area contributed by atoms with E-state index in [4.69, 9.17) is 0 Å². The number of amides is 1. The summed E-state index contributed by atoms with van der Waals surface area (Å²) in [5.41, 5.74) is 0.772.